The molecule has 1 N–H and O–H groups in total. The molecule has 1 aromatic rings. The van der Waals surface area contributed by atoms with E-state index in [1.165, 1.54) is 12.5 Å². The van der Waals surface area contributed by atoms with Gasteiger partial charge in [0.2, 0.25) is 0 Å². The molecule has 1 fully saturated rings. The molecule has 114 valence electrons. The molecule has 0 saturated carbocycles. The maximum Gasteiger partial charge on any atom is 0.138 e. The second kappa shape index (κ2) is 6.60. The van der Waals surface area contributed by atoms with Gasteiger partial charge in [-0.3, -0.25) is 4.90 Å². The summed E-state index contributed by atoms with van der Waals surface area (Å²) in [4.78, 5) is 2.42. The Labute approximate surface area is 127 Å². The fourth-order valence-corrected chi connectivity index (χ4v) is 2.84. The Morgan fingerprint density at radius 1 is 1.38 bits per heavy atom. The lowest BCUT2D eigenvalue weighted by Crippen LogP contribution is -2.25. The fourth-order valence-electron chi connectivity index (χ4n) is 2.84. The molecule has 0 bridgehead atoms. The average Bonchev–Trinajstić information content (AvgIpc) is 2.88. The molecule has 1 heterocycles. The molecule has 1 atom stereocenters. The van der Waals surface area contributed by atoms with E-state index in [0.717, 1.165) is 25.2 Å². The van der Waals surface area contributed by atoms with Gasteiger partial charge < -0.3 is 5.11 Å². The van der Waals surface area contributed by atoms with Gasteiger partial charge in [0, 0.05) is 13.1 Å². The molecule has 2 nitrogen and oxygen atoms in total. The molecule has 2 rings (SSSR count). The minimum atomic E-state index is -0.325. The van der Waals surface area contributed by atoms with E-state index < -0.39 is 0 Å². The molecule has 1 aliphatic heterocycles. The van der Waals surface area contributed by atoms with Gasteiger partial charge in [0.25, 0.3) is 0 Å². The van der Waals surface area contributed by atoms with E-state index in [4.69, 9.17) is 5.11 Å². The third-order valence-electron chi connectivity index (χ3n) is 4.24. The van der Waals surface area contributed by atoms with Crippen LogP contribution in [-0.4, -0.2) is 29.7 Å². The molecule has 1 aromatic carbocycles. The number of aliphatic hydroxyl groups is 1. The van der Waals surface area contributed by atoms with Gasteiger partial charge in [0.05, 0.1) is 5.56 Å². The molecule has 1 aliphatic rings. The van der Waals surface area contributed by atoms with Crippen molar-refractivity contribution in [2.45, 2.75) is 33.7 Å². The highest BCUT2D eigenvalue weighted by molar-refractivity contribution is 5.38. The summed E-state index contributed by atoms with van der Waals surface area (Å²) >= 11 is 0. The van der Waals surface area contributed by atoms with Gasteiger partial charge in [-0.05, 0) is 42.0 Å². The first-order valence-corrected chi connectivity index (χ1v) is 7.50. The van der Waals surface area contributed by atoms with E-state index in [0.29, 0.717) is 16.9 Å². The van der Waals surface area contributed by atoms with Crippen LogP contribution < -0.4 is 0 Å². The normalized spacial score (nSPS) is 19.4. The molecule has 0 radical (unpaired) electrons. The first-order chi connectivity index (χ1) is 9.90. The van der Waals surface area contributed by atoms with Crippen LogP contribution in [0.25, 0.3) is 0 Å². The largest absolute Gasteiger partial charge is 0.384 e. The molecule has 3 heteroatoms. The third kappa shape index (κ3) is 4.30. The van der Waals surface area contributed by atoms with Gasteiger partial charge >= 0.3 is 0 Å². The van der Waals surface area contributed by atoms with Crippen molar-refractivity contribution >= 4 is 0 Å². The van der Waals surface area contributed by atoms with Gasteiger partial charge in [-0.15, -0.1) is 0 Å². The van der Waals surface area contributed by atoms with Crippen LogP contribution in [0, 0.1) is 29.0 Å². The van der Waals surface area contributed by atoms with Crippen molar-refractivity contribution < 1.29 is 9.50 Å². The van der Waals surface area contributed by atoms with Crippen LogP contribution in [0.3, 0.4) is 0 Å². The Morgan fingerprint density at radius 2 is 2.14 bits per heavy atom. The van der Waals surface area contributed by atoms with Gasteiger partial charge in [0.15, 0.2) is 0 Å². The van der Waals surface area contributed by atoms with E-state index in [1.807, 2.05) is 6.07 Å². The Bertz CT molecular complexity index is 551. The van der Waals surface area contributed by atoms with E-state index in [9.17, 15) is 4.39 Å². The van der Waals surface area contributed by atoms with Gasteiger partial charge in [-0.1, -0.05) is 38.7 Å². The predicted octanol–water partition coefficient (Wildman–Crippen LogP) is 3.04. The topological polar surface area (TPSA) is 23.5 Å². The Hall–Kier alpha value is -1.37. The highest BCUT2D eigenvalue weighted by Gasteiger charge is 2.31. The number of halogens is 1. The molecule has 0 aliphatic carbocycles. The Morgan fingerprint density at radius 3 is 2.76 bits per heavy atom. The van der Waals surface area contributed by atoms with E-state index >= 15 is 0 Å². The quantitative estimate of drug-likeness (QED) is 0.846. The lowest BCUT2D eigenvalue weighted by Gasteiger charge is -2.27. The maximum atomic E-state index is 13.6. The lowest BCUT2D eigenvalue weighted by molar-refractivity contribution is 0.226. The number of aliphatic hydroxyl groups excluding tert-OH is 1. The van der Waals surface area contributed by atoms with E-state index in [1.54, 1.807) is 6.07 Å². The molecular formula is C18H24FNO. The van der Waals surface area contributed by atoms with Crippen LogP contribution in [0.15, 0.2) is 18.2 Å². The second-order valence-electron chi connectivity index (χ2n) is 6.86. The average molecular weight is 289 g/mol. The van der Waals surface area contributed by atoms with Crippen molar-refractivity contribution in [3.63, 3.8) is 0 Å². The van der Waals surface area contributed by atoms with Gasteiger partial charge in [0.1, 0.15) is 12.4 Å². The summed E-state index contributed by atoms with van der Waals surface area (Å²) in [5, 5.41) is 8.72. The van der Waals surface area contributed by atoms with Crippen molar-refractivity contribution in [3.05, 3.63) is 35.1 Å². The fraction of sp³-hybridized carbons (Fsp3) is 0.556. The zero-order valence-corrected chi connectivity index (χ0v) is 13.1. The summed E-state index contributed by atoms with van der Waals surface area (Å²) < 4.78 is 13.6. The molecule has 0 aromatic heterocycles. The maximum absolute atomic E-state index is 13.6. The number of rotatable bonds is 2. The van der Waals surface area contributed by atoms with Crippen LogP contribution in [-0.2, 0) is 6.54 Å². The number of likely N-dealkylation sites (tertiary alicyclic amines) is 1. The van der Waals surface area contributed by atoms with Crippen LogP contribution in [0.5, 0.6) is 0 Å². The molecular weight excluding hydrogens is 265 g/mol. The van der Waals surface area contributed by atoms with Crippen molar-refractivity contribution in [3.8, 4) is 11.8 Å². The standard InChI is InChI=1S/C18H24FNO/c1-18(2,3)16-8-9-20(13-16)12-14-6-7-17(19)15(11-14)5-4-10-21/h6-7,11,16,21H,8-10,12-13H2,1-3H3. The summed E-state index contributed by atoms with van der Waals surface area (Å²) in [5.74, 6) is 5.56. The lowest BCUT2D eigenvalue weighted by atomic mass is 9.80. The van der Waals surface area contributed by atoms with Crippen LogP contribution >= 0.6 is 0 Å². The zero-order valence-electron chi connectivity index (χ0n) is 13.1. The van der Waals surface area contributed by atoms with Gasteiger partial charge in [-0.2, -0.15) is 0 Å². The number of hydrogen-bond acceptors (Lipinski definition) is 2. The Kier molecular flexibility index (Phi) is 5.03. The van der Waals surface area contributed by atoms with Crippen molar-refractivity contribution in [2.24, 2.45) is 11.3 Å². The summed E-state index contributed by atoms with van der Waals surface area (Å²) in [5.41, 5.74) is 1.79. The highest BCUT2D eigenvalue weighted by Crippen LogP contribution is 2.34. The summed E-state index contributed by atoms with van der Waals surface area (Å²) in [6, 6.07) is 5.08. The number of benzene rings is 1. The minimum Gasteiger partial charge on any atom is -0.384 e. The summed E-state index contributed by atoms with van der Waals surface area (Å²) in [6.45, 7) is 9.66. The van der Waals surface area contributed by atoms with Crippen LogP contribution in [0.4, 0.5) is 4.39 Å². The first kappa shape index (κ1) is 16.0. The third-order valence-corrected chi connectivity index (χ3v) is 4.24. The summed E-state index contributed by atoms with van der Waals surface area (Å²) in [6.07, 6.45) is 1.22. The number of hydrogen-bond donors (Lipinski definition) is 1. The number of nitrogens with zero attached hydrogens (tertiary/aromatic N) is 1. The molecule has 21 heavy (non-hydrogen) atoms. The van der Waals surface area contributed by atoms with Gasteiger partial charge in [-0.25, -0.2) is 4.39 Å². The van der Waals surface area contributed by atoms with Crippen LogP contribution in [0.2, 0.25) is 0 Å². The minimum absolute atomic E-state index is 0.247. The smallest absolute Gasteiger partial charge is 0.138 e. The van der Waals surface area contributed by atoms with Crippen molar-refractivity contribution in [1.82, 2.24) is 4.90 Å². The first-order valence-electron chi connectivity index (χ1n) is 7.50. The van der Waals surface area contributed by atoms with E-state index in [-0.39, 0.29) is 12.4 Å². The molecule has 0 amide bonds. The second-order valence-corrected chi connectivity index (χ2v) is 6.86. The molecule has 1 saturated heterocycles. The SMILES string of the molecule is CC(C)(C)C1CCN(Cc2ccc(F)c(C#CCO)c2)C1. The predicted molar refractivity (Wildman–Crippen MR) is 83.2 cm³/mol. The van der Waals surface area contributed by atoms with Crippen molar-refractivity contribution in [2.75, 3.05) is 19.7 Å². The molecule has 1 unspecified atom stereocenters. The monoisotopic (exact) mass is 289 g/mol. The zero-order chi connectivity index (χ0) is 15.5. The van der Waals surface area contributed by atoms with E-state index in [2.05, 4.69) is 37.5 Å². The van der Waals surface area contributed by atoms with Crippen molar-refractivity contribution in [1.29, 1.82) is 0 Å². The Balaban J connectivity index is 2.04. The molecule has 0 spiro atoms. The highest BCUT2D eigenvalue weighted by atomic mass is 19.1. The summed E-state index contributed by atoms with van der Waals surface area (Å²) in [7, 11) is 0. The van der Waals surface area contributed by atoms with Crippen LogP contribution in [0.1, 0.15) is 38.3 Å².